The number of rotatable bonds is 2. The number of nitrogens with zero attached hydrogens (tertiary/aromatic N) is 3. The molecule has 4 nitrogen and oxygen atoms in total. The van der Waals surface area contributed by atoms with Crippen molar-refractivity contribution in [2.45, 2.75) is 11.8 Å². The van der Waals surface area contributed by atoms with Crippen LogP contribution < -0.4 is 5.73 Å². The fourth-order valence-electron chi connectivity index (χ4n) is 2.00. The Labute approximate surface area is 108 Å². The zero-order chi connectivity index (χ0) is 11.7. The van der Waals surface area contributed by atoms with E-state index in [0.717, 1.165) is 17.7 Å². The minimum absolute atomic E-state index is 0.579. The molecule has 0 saturated carbocycles. The number of anilines is 1. The fraction of sp³-hybridized carbons (Fsp3) is 0.455. The molecule has 90 valence electrons. The Kier molecular flexibility index (Phi) is 3.15. The average molecular weight is 266 g/mol. The molecule has 2 aromatic heterocycles. The maximum absolute atomic E-state index is 5.97. The Morgan fingerprint density at radius 1 is 1.47 bits per heavy atom. The van der Waals surface area contributed by atoms with Gasteiger partial charge >= 0.3 is 0 Å². The van der Waals surface area contributed by atoms with Crippen LogP contribution in [0.1, 0.15) is 0 Å². The molecule has 0 bridgehead atoms. The molecule has 0 spiro atoms. The third kappa shape index (κ3) is 2.24. The predicted molar refractivity (Wildman–Crippen MR) is 75.5 cm³/mol. The molecule has 1 aliphatic heterocycles. The molecule has 0 amide bonds. The number of aromatic nitrogens is 3. The van der Waals surface area contributed by atoms with Gasteiger partial charge in [0.25, 0.3) is 0 Å². The highest BCUT2D eigenvalue weighted by molar-refractivity contribution is 8.06. The van der Waals surface area contributed by atoms with Gasteiger partial charge in [0.15, 0.2) is 5.65 Å². The van der Waals surface area contributed by atoms with E-state index in [0.29, 0.717) is 11.2 Å². The third-order valence-electron chi connectivity index (χ3n) is 2.80. The summed E-state index contributed by atoms with van der Waals surface area (Å²) in [6, 6.07) is 3.85. The number of thioether (sulfide) groups is 2. The third-order valence-corrected chi connectivity index (χ3v) is 5.63. The van der Waals surface area contributed by atoms with Gasteiger partial charge in [-0.1, -0.05) is 0 Å². The van der Waals surface area contributed by atoms with Crippen LogP contribution in [0.3, 0.4) is 0 Å². The van der Waals surface area contributed by atoms with Gasteiger partial charge in [-0.05, 0) is 12.1 Å². The summed E-state index contributed by atoms with van der Waals surface area (Å²) < 4.78 is 2.04. The molecule has 1 aliphatic rings. The summed E-state index contributed by atoms with van der Waals surface area (Å²) >= 11 is 4.05. The normalized spacial score (nSPS) is 20.8. The molecule has 2 N–H and O–H groups in total. The van der Waals surface area contributed by atoms with Crippen molar-refractivity contribution in [3.63, 3.8) is 0 Å². The summed E-state index contributed by atoms with van der Waals surface area (Å²) in [6.07, 6.45) is 1.79. The number of hydrogen-bond donors (Lipinski definition) is 1. The van der Waals surface area contributed by atoms with Gasteiger partial charge in [-0.15, -0.1) is 0 Å². The Morgan fingerprint density at radius 3 is 3.24 bits per heavy atom. The molecule has 1 fully saturated rings. The van der Waals surface area contributed by atoms with Crippen LogP contribution >= 0.6 is 23.5 Å². The van der Waals surface area contributed by atoms with Crippen molar-refractivity contribution in [3.8, 4) is 0 Å². The zero-order valence-electron chi connectivity index (χ0n) is 9.37. The molecule has 0 aliphatic carbocycles. The highest BCUT2D eigenvalue weighted by Gasteiger charge is 2.18. The van der Waals surface area contributed by atoms with Crippen LogP contribution in [0.2, 0.25) is 0 Å². The minimum atomic E-state index is 0.579. The van der Waals surface area contributed by atoms with E-state index in [-0.39, 0.29) is 0 Å². The van der Waals surface area contributed by atoms with Gasteiger partial charge in [0, 0.05) is 35.3 Å². The Hall–Kier alpha value is -0.880. The van der Waals surface area contributed by atoms with E-state index >= 15 is 0 Å². The summed E-state index contributed by atoms with van der Waals surface area (Å²) in [5.74, 6) is 4.26. The largest absolute Gasteiger partial charge is 0.369 e. The Morgan fingerprint density at radius 2 is 2.41 bits per heavy atom. The van der Waals surface area contributed by atoms with Crippen molar-refractivity contribution in [1.29, 1.82) is 0 Å². The van der Waals surface area contributed by atoms with Crippen molar-refractivity contribution in [3.05, 3.63) is 18.3 Å². The molecule has 2 aromatic rings. The SMILES string of the molecule is Nc1nc2cccnc2n1CC1CSCCS1. The number of fused-ring (bicyclic) bond motifs is 1. The van der Waals surface area contributed by atoms with E-state index < -0.39 is 0 Å². The maximum Gasteiger partial charge on any atom is 0.202 e. The lowest BCUT2D eigenvalue weighted by molar-refractivity contribution is 0.718. The second kappa shape index (κ2) is 4.78. The number of nitrogen functional groups attached to an aromatic ring is 1. The Balaban J connectivity index is 1.90. The van der Waals surface area contributed by atoms with Crippen molar-refractivity contribution in [2.24, 2.45) is 0 Å². The van der Waals surface area contributed by atoms with Gasteiger partial charge in [-0.3, -0.25) is 4.57 Å². The van der Waals surface area contributed by atoms with Gasteiger partial charge in [0.05, 0.1) is 0 Å². The molecular formula is C11H14N4S2. The van der Waals surface area contributed by atoms with Gasteiger partial charge < -0.3 is 5.73 Å². The van der Waals surface area contributed by atoms with Crippen LogP contribution in [0.15, 0.2) is 18.3 Å². The van der Waals surface area contributed by atoms with Gasteiger partial charge in [-0.25, -0.2) is 9.97 Å². The molecule has 1 unspecified atom stereocenters. The first kappa shape index (κ1) is 11.2. The topological polar surface area (TPSA) is 56.7 Å². The number of imidazole rings is 1. The summed E-state index contributed by atoms with van der Waals surface area (Å²) in [7, 11) is 0. The highest BCUT2D eigenvalue weighted by Crippen LogP contribution is 2.27. The fourth-order valence-corrected chi connectivity index (χ4v) is 4.65. The summed E-state index contributed by atoms with van der Waals surface area (Å²) in [5, 5.41) is 0.621. The van der Waals surface area contributed by atoms with E-state index in [9.17, 15) is 0 Å². The molecule has 1 atom stereocenters. The van der Waals surface area contributed by atoms with Crippen molar-refractivity contribution in [2.75, 3.05) is 23.0 Å². The molecular weight excluding hydrogens is 252 g/mol. The predicted octanol–water partition coefficient (Wildman–Crippen LogP) is 1.86. The van der Waals surface area contributed by atoms with Gasteiger partial charge in [0.1, 0.15) is 5.52 Å². The molecule has 3 rings (SSSR count). The quantitative estimate of drug-likeness (QED) is 0.899. The number of pyridine rings is 1. The van der Waals surface area contributed by atoms with E-state index in [1.807, 2.05) is 40.2 Å². The van der Waals surface area contributed by atoms with Crippen LogP contribution in [0.4, 0.5) is 5.95 Å². The highest BCUT2D eigenvalue weighted by atomic mass is 32.2. The second-order valence-corrected chi connectivity index (χ2v) is 6.55. The van der Waals surface area contributed by atoms with Crippen molar-refractivity contribution < 1.29 is 0 Å². The zero-order valence-corrected chi connectivity index (χ0v) is 11.0. The van der Waals surface area contributed by atoms with E-state index in [1.54, 1.807) is 6.20 Å². The lowest BCUT2D eigenvalue weighted by Gasteiger charge is -2.21. The first-order valence-electron chi connectivity index (χ1n) is 5.60. The number of hydrogen-bond acceptors (Lipinski definition) is 5. The Bertz CT molecular complexity index is 519. The van der Waals surface area contributed by atoms with Crippen molar-refractivity contribution >= 4 is 40.6 Å². The molecule has 0 aromatic carbocycles. The molecule has 3 heterocycles. The number of nitrogens with two attached hydrogens (primary N) is 1. The first-order valence-corrected chi connectivity index (χ1v) is 7.81. The molecule has 17 heavy (non-hydrogen) atoms. The van der Waals surface area contributed by atoms with E-state index in [4.69, 9.17) is 5.73 Å². The van der Waals surface area contributed by atoms with Crippen LogP contribution in [0.5, 0.6) is 0 Å². The standard InChI is InChI=1S/C11H14N4S2/c12-11-14-9-2-1-3-13-10(9)15(11)6-8-7-16-4-5-17-8/h1-3,8H,4-7H2,(H2,12,14). The monoisotopic (exact) mass is 266 g/mol. The summed E-state index contributed by atoms with van der Waals surface area (Å²) in [5.41, 5.74) is 7.76. The lowest BCUT2D eigenvalue weighted by atomic mass is 10.4. The van der Waals surface area contributed by atoms with Gasteiger partial charge in [-0.2, -0.15) is 23.5 Å². The van der Waals surface area contributed by atoms with Gasteiger partial charge in [0.2, 0.25) is 5.95 Å². The molecule has 0 radical (unpaired) electrons. The molecule has 6 heteroatoms. The second-order valence-electron chi connectivity index (χ2n) is 3.99. The maximum atomic E-state index is 5.97. The smallest absolute Gasteiger partial charge is 0.202 e. The van der Waals surface area contributed by atoms with Crippen LogP contribution in [0.25, 0.3) is 11.2 Å². The summed E-state index contributed by atoms with van der Waals surface area (Å²) in [6.45, 7) is 0.914. The van der Waals surface area contributed by atoms with E-state index in [1.165, 1.54) is 17.3 Å². The van der Waals surface area contributed by atoms with Crippen molar-refractivity contribution in [1.82, 2.24) is 14.5 Å². The lowest BCUT2D eigenvalue weighted by Crippen LogP contribution is -2.21. The van der Waals surface area contributed by atoms with E-state index in [2.05, 4.69) is 9.97 Å². The molecule has 1 saturated heterocycles. The summed E-state index contributed by atoms with van der Waals surface area (Å²) in [4.78, 5) is 8.71. The minimum Gasteiger partial charge on any atom is -0.369 e. The van der Waals surface area contributed by atoms with Crippen LogP contribution in [-0.2, 0) is 6.54 Å². The van der Waals surface area contributed by atoms with Crippen LogP contribution in [0, 0.1) is 0 Å². The average Bonchev–Trinajstić information content (AvgIpc) is 2.68. The van der Waals surface area contributed by atoms with Crippen LogP contribution in [-0.4, -0.2) is 37.0 Å². The first-order chi connectivity index (χ1) is 8.34.